The van der Waals surface area contributed by atoms with Crippen molar-refractivity contribution in [2.75, 3.05) is 6.61 Å². The number of nitrogens with one attached hydrogen (secondary N) is 1. The van der Waals surface area contributed by atoms with E-state index in [0.29, 0.717) is 9.90 Å². The van der Waals surface area contributed by atoms with Gasteiger partial charge >= 0.3 is 5.97 Å². The summed E-state index contributed by atoms with van der Waals surface area (Å²) in [5, 5.41) is 4.16. The summed E-state index contributed by atoms with van der Waals surface area (Å²) in [7, 11) is 0. The van der Waals surface area contributed by atoms with Crippen LogP contribution < -0.4 is 5.32 Å². The number of carbonyl (C=O) groups excluding carboxylic acids is 2. The zero-order valence-corrected chi connectivity index (χ0v) is 15.1. The highest BCUT2D eigenvalue weighted by atomic mass is 35.5. The fraction of sp³-hybridized carbons (Fsp3) is 0.444. The second kappa shape index (κ2) is 7.53. The molecule has 1 aromatic carbocycles. The van der Waals surface area contributed by atoms with Gasteiger partial charge in [0, 0.05) is 16.1 Å². The lowest BCUT2D eigenvalue weighted by Crippen LogP contribution is -2.39. The molecule has 1 saturated carbocycles. The summed E-state index contributed by atoms with van der Waals surface area (Å²) in [6.45, 7) is 1.96. The predicted octanol–water partition coefficient (Wildman–Crippen LogP) is 4.41. The number of thiophene rings is 1. The second-order valence-electron chi connectivity index (χ2n) is 6.34. The first-order valence-corrected chi connectivity index (χ1v) is 9.37. The number of rotatable bonds is 4. The Hall–Kier alpha value is -1.59. The van der Waals surface area contributed by atoms with E-state index in [9.17, 15) is 9.59 Å². The molecule has 0 spiro atoms. The fourth-order valence-electron chi connectivity index (χ4n) is 3.02. The van der Waals surface area contributed by atoms with Gasteiger partial charge in [0.2, 0.25) is 0 Å². The van der Waals surface area contributed by atoms with Gasteiger partial charge in [0.1, 0.15) is 4.88 Å². The van der Waals surface area contributed by atoms with Crippen molar-refractivity contribution in [1.29, 1.82) is 0 Å². The van der Waals surface area contributed by atoms with Crippen LogP contribution in [-0.4, -0.2) is 24.5 Å². The number of hydrogen-bond donors (Lipinski definition) is 1. The van der Waals surface area contributed by atoms with Crippen LogP contribution in [0, 0.1) is 5.92 Å². The average molecular weight is 366 g/mol. The van der Waals surface area contributed by atoms with Gasteiger partial charge in [-0.2, -0.15) is 0 Å². The number of amides is 1. The molecular formula is C18H20ClNO3S. The Morgan fingerprint density at radius 1 is 1.25 bits per heavy atom. The minimum Gasteiger partial charge on any atom is -0.451 e. The molecule has 128 valence electrons. The van der Waals surface area contributed by atoms with E-state index in [0.717, 1.165) is 41.7 Å². The van der Waals surface area contributed by atoms with Crippen LogP contribution in [0.4, 0.5) is 0 Å². The summed E-state index contributed by atoms with van der Waals surface area (Å²) in [5.74, 6) is -0.0696. The first kappa shape index (κ1) is 17.2. The highest BCUT2D eigenvalue weighted by Gasteiger charge is 2.22. The van der Waals surface area contributed by atoms with Crippen molar-refractivity contribution in [3.8, 4) is 0 Å². The Labute approximate surface area is 150 Å². The van der Waals surface area contributed by atoms with Gasteiger partial charge in [-0.1, -0.05) is 36.7 Å². The predicted molar refractivity (Wildman–Crippen MR) is 96.7 cm³/mol. The Bertz CT molecular complexity index is 750. The topological polar surface area (TPSA) is 55.4 Å². The van der Waals surface area contributed by atoms with Crippen molar-refractivity contribution in [3.63, 3.8) is 0 Å². The summed E-state index contributed by atoms with van der Waals surface area (Å²) in [4.78, 5) is 24.5. The van der Waals surface area contributed by atoms with Crippen molar-refractivity contribution in [3.05, 3.63) is 34.2 Å². The lowest BCUT2D eigenvalue weighted by molar-refractivity contribution is -0.125. The SMILES string of the molecule is CC1CCC(NC(=O)COC(=O)c2sc3ccccc3c2Cl)CC1. The van der Waals surface area contributed by atoms with E-state index < -0.39 is 5.97 Å². The lowest BCUT2D eigenvalue weighted by Gasteiger charge is -2.26. The van der Waals surface area contributed by atoms with Crippen LogP contribution >= 0.6 is 22.9 Å². The van der Waals surface area contributed by atoms with Gasteiger partial charge in [0.25, 0.3) is 5.91 Å². The molecule has 1 fully saturated rings. The third-order valence-corrected chi connectivity index (χ3v) is 6.09. The van der Waals surface area contributed by atoms with Crippen LogP contribution in [0.3, 0.4) is 0 Å². The normalized spacial score (nSPS) is 20.8. The number of hydrogen-bond acceptors (Lipinski definition) is 4. The third kappa shape index (κ3) is 3.90. The molecule has 6 heteroatoms. The Morgan fingerprint density at radius 2 is 1.96 bits per heavy atom. The summed E-state index contributed by atoms with van der Waals surface area (Å²) in [6, 6.07) is 7.72. The van der Waals surface area contributed by atoms with Crippen molar-refractivity contribution >= 4 is 44.9 Å². The van der Waals surface area contributed by atoms with Crippen molar-refractivity contribution in [1.82, 2.24) is 5.32 Å². The molecule has 1 aliphatic carbocycles. The van der Waals surface area contributed by atoms with Crippen molar-refractivity contribution < 1.29 is 14.3 Å². The van der Waals surface area contributed by atoms with E-state index in [2.05, 4.69) is 12.2 Å². The molecule has 0 aliphatic heterocycles. The van der Waals surface area contributed by atoms with E-state index >= 15 is 0 Å². The highest BCUT2D eigenvalue weighted by Crippen LogP contribution is 2.35. The maximum Gasteiger partial charge on any atom is 0.350 e. The molecule has 3 rings (SSSR count). The average Bonchev–Trinajstić information content (AvgIpc) is 2.92. The first-order valence-electron chi connectivity index (χ1n) is 8.18. The molecule has 1 aliphatic rings. The third-order valence-electron chi connectivity index (χ3n) is 4.44. The van der Waals surface area contributed by atoms with E-state index in [4.69, 9.17) is 16.3 Å². The van der Waals surface area contributed by atoms with Crippen LogP contribution in [0.25, 0.3) is 10.1 Å². The monoisotopic (exact) mass is 365 g/mol. The summed E-state index contributed by atoms with van der Waals surface area (Å²) in [6.07, 6.45) is 4.23. The van der Waals surface area contributed by atoms with Crippen LogP contribution in [0.15, 0.2) is 24.3 Å². The molecule has 24 heavy (non-hydrogen) atoms. The molecular weight excluding hydrogens is 346 g/mol. The van der Waals surface area contributed by atoms with Gasteiger partial charge in [-0.15, -0.1) is 11.3 Å². The zero-order valence-electron chi connectivity index (χ0n) is 13.5. The molecule has 1 heterocycles. The molecule has 0 radical (unpaired) electrons. The van der Waals surface area contributed by atoms with Crippen LogP contribution in [0.2, 0.25) is 5.02 Å². The molecule has 1 aromatic heterocycles. The van der Waals surface area contributed by atoms with Gasteiger partial charge < -0.3 is 10.1 Å². The smallest absolute Gasteiger partial charge is 0.350 e. The minimum absolute atomic E-state index is 0.195. The number of ether oxygens (including phenoxy) is 1. The maximum absolute atomic E-state index is 12.2. The lowest BCUT2D eigenvalue weighted by atomic mass is 9.87. The van der Waals surface area contributed by atoms with E-state index in [1.54, 1.807) is 0 Å². The van der Waals surface area contributed by atoms with Gasteiger partial charge in [0.15, 0.2) is 6.61 Å². The van der Waals surface area contributed by atoms with E-state index in [-0.39, 0.29) is 18.6 Å². The first-order chi connectivity index (χ1) is 11.5. The Morgan fingerprint density at radius 3 is 2.67 bits per heavy atom. The van der Waals surface area contributed by atoms with Crippen LogP contribution in [0.1, 0.15) is 42.3 Å². The molecule has 2 aromatic rings. The molecule has 0 unspecified atom stereocenters. The molecule has 0 atom stereocenters. The zero-order chi connectivity index (χ0) is 17.1. The number of carbonyl (C=O) groups is 2. The summed E-state index contributed by atoms with van der Waals surface area (Å²) >= 11 is 7.53. The van der Waals surface area contributed by atoms with Crippen LogP contribution in [-0.2, 0) is 9.53 Å². The molecule has 0 bridgehead atoms. The molecule has 4 nitrogen and oxygen atoms in total. The van der Waals surface area contributed by atoms with Gasteiger partial charge in [-0.05, 0) is 37.7 Å². The maximum atomic E-state index is 12.2. The van der Waals surface area contributed by atoms with Crippen molar-refractivity contribution in [2.24, 2.45) is 5.92 Å². The highest BCUT2D eigenvalue weighted by molar-refractivity contribution is 7.21. The van der Waals surface area contributed by atoms with Gasteiger partial charge in [-0.3, -0.25) is 4.79 Å². The number of halogens is 1. The van der Waals surface area contributed by atoms with Crippen molar-refractivity contribution in [2.45, 2.75) is 38.6 Å². The van der Waals surface area contributed by atoms with Gasteiger partial charge in [0.05, 0.1) is 5.02 Å². The molecule has 0 saturated heterocycles. The number of esters is 1. The number of benzene rings is 1. The second-order valence-corrected chi connectivity index (χ2v) is 7.77. The van der Waals surface area contributed by atoms with E-state index in [1.165, 1.54) is 11.3 Å². The fourth-order valence-corrected chi connectivity index (χ4v) is 4.42. The van der Waals surface area contributed by atoms with Gasteiger partial charge in [-0.25, -0.2) is 4.79 Å². The largest absolute Gasteiger partial charge is 0.451 e. The Kier molecular flexibility index (Phi) is 5.41. The minimum atomic E-state index is -0.548. The van der Waals surface area contributed by atoms with E-state index in [1.807, 2.05) is 24.3 Å². The standard InChI is InChI=1S/C18H20ClNO3S/c1-11-6-8-12(9-7-11)20-15(21)10-23-18(22)17-16(19)13-4-2-3-5-14(13)24-17/h2-5,11-12H,6-10H2,1H3,(H,20,21). The quantitative estimate of drug-likeness (QED) is 0.816. The molecule has 1 amide bonds. The Balaban J connectivity index is 1.54. The summed E-state index contributed by atoms with van der Waals surface area (Å²) < 4.78 is 6.06. The molecule has 1 N–H and O–H groups in total. The number of fused-ring (bicyclic) bond motifs is 1. The summed E-state index contributed by atoms with van der Waals surface area (Å²) in [5.41, 5.74) is 0. The van der Waals surface area contributed by atoms with Crippen LogP contribution in [0.5, 0.6) is 0 Å².